The maximum Gasteiger partial charge on any atom is 0.250 e. The van der Waals surface area contributed by atoms with Gasteiger partial charge in [-0.25, -0.2) is 13.1 Å². The summed E-state index contributed by atoms with van der Waals surface area (Å²) in [7, 11) is -3.31. The second kappa shape index (κ2) is 5.04. The Morgan fingerprint density at radius 2 is 2.00 bits per heavy atom. The minimum Gasteiger partial charge on any atom is -0.207 e. The van der Waals surface area contributed by atoms with E-state index in [1.807, 2.05) is 0 Å². The first-order valence-electron chi connectivity index (χ1n) is 5.28. The Kier molecular flexibility index (Phi) is 3.89. The van der Waals surface area contributed by atoms with E-state index in [0.29, 0.717) is 4.21 Å². The molecule has 0 amide bonds. The lowest BCUT2D eigenvalue weighted by molar-refractivity contribution is 0.417. The molecule has 1 fully saturated rings. The quantitative estimate of drug-likeness (QED) is 0.865. The molecule has 0 atom stereocenters. The largest absolute Gasteiger partial charge is 0.250 e. The van der Waals surface area contributed by atoms with Crippen LogP contribution in [-0.2, 0) is 10.0 Å². The molecule has 0 aromatic carbocycles. The van der Waals surface area contributed by atoms with E-state index in [1.165, 1.54) is 11.3 Å². The van der Waals surface area contributed by atoms with Gasteiger partial charge in [0, 0.05) is 11.4 Å². The molecule has 0 saturated heterocycles. The normalized spacial score (nSPS) is 26.8. The molecule has 1 N–H and O–H groups in total. The van der Waals surface area contributed by atoms with Crippen molar-refractivity contribution in [2.75, 3.05) is 0 Å². The molecule has 1 aliphatic carbocycles. The smallest absolute Gasteiger partial charge is 0.207 e. The van der Waals surface area contributed by atoms with Crippen molar-refractivity contribution in [2.24, 2.45) is 0 Å². The zero-order chi connectivity index (χ0) is 11.6. The van der Waals surface area contributed by atoms with Gasteiger partial charge in [-0.3, -0.25) is 0 Å². The maximum atomic E-state index is 11.9. The standard InChI is InChI=1S/C10H14ClNO2S2/c11-8-3-5-9(6-4-8)12-16(13,14)10-2-1-7-15-10/h1-2,7-9,12H,3-6H2. The van der Waals surface area contributed by atoms with Gasteiger partial charge in [0.1, 0.15) is 4.21 Å². The van der Waals surface area contributed by atoms with Crippen LogP contribution in [0.25, 0.3) is 0 Å². The topological polar surface area (TPSA) is 46.2 Å². The monoisotopic (exact) mass is 279 g/mol. The lowest BCUT2D eigenvalue weighted by Gasteiger charge is -2.25. The first-order valence-corrected chi connectivity index (χ1v) is 8.08. The third-order valence-electron chi connectivity index (χ3n) is 2.74. The van der Waals surface area contributed by atoms with E-state index >= 15 is 0 Å². The van der Waals surface area contributed by atoms with Gasteiger partial charge in [-0.15, -0.1) is 22.9 Å². The lowest BCUT2D eigenvalue weighted by Crippen LogP contribution is -2.37. The molecule has 0 bridgehead atoms. The Bertz CT molecular complexity index is 422. The van der Waals surface area contributed by atoms with Crippen LogP contribution in [-0.4, -0.2) is 19.8 Å². The van der Waals surface area contributed by atoms with E-state index < -0.39 is 10.0 Å². The van der Waals surface area contributed by atoms with Crippen LogP contribution in [0.15, 0.2) is 21.7 Å². The summed E-state index contributed by atoms with van der Waals surface area (Å²) in [5.41, 5.74) is 0. The average molecular weight is 280 g/mol. The molecule has 1 aromatic rings. The summed E-state index contributed by atoms with van der Waals surface area (Å²) in [6, 6.07) is 3.41. The van der Waals surface area contributed by atoms with E-state index in [0.717, 1.165) is 25.7 Å². The van der Waals surface area contributed by atoms with Gasteiger partial charge < -0.3 is 0 Å². The number of thiophene rings is 1. The van der Waals surface area contributed by atoms with Gasteiger partial charge in [0.15, 0.2) is 0 Å². The number of alkyl halides is 1. The molecule has 0 radical (unpaired) electrons. The summed E-state index contributed by atoms with van der Waals surface area (Å²) >= 11 is 7.22. The van der Waals surface area contributed by atoms with Crippen LogP contribution in [0.2, 0.25) is 0 Å². The van der Waals surface area contributed by atoms with Crippen LogP contribution in [0.4, 0.5) is 0 Å². The van der Waals surface area contributed by atoms with Crippen molar-refractivity contribution in [3.05, 3.63) is 17.5 Å². The lowest BCUT2D eigenvalue weighted by atomic mass is 9.96. The van der Waals surface area contributed by atoms with E-state index in [9.17, 15) is 8.42 Å². The second-order valence-electron chi connectivity index (χ2n) is 4.00. The third kappa shape index (κ3) is 2.97. The molecule has 1 saturated carbocycles. The number of hydrogen-bond acceptors (Lipinski definition) is 3. The molecule has 1 aliphatic rings. The van der Waals surface area contributed by atoms with Crippen molar-refractivity contribution in [3.63, 3.8) is 0 Å². The van der Waals surface area contributed by atoms with Crippen LogP contribution >= 0.6 is 22.9 Å². The Morgan fingerprint density at radius 1 is 1.31 bits per heavy atom. The Labute approximate surface area is 105 Å². The van der Waals surface area contributed by atoms with Crippen molar-refractivity contribution in [1.82, 2.24) is 4.72 Å². The number of hydrogen-bond donors (Lipinski definition) is 1. The van der Waals surface area contributed by atoms with Gasteiger partial charge in [0.25, 0.3) is 0 Å². The molecule has 90 valence electrons. The molecule has 3 nitrogen and oxygen atoms in total. The van der Waals surface area contributed by atoms with Gasteiger partial charge in [-0.2, -0.15) is 0 Å². The first kappa shape index (κ1) is 12.4. The molecule has 2 rings (SSSR count). The fourth-order valence-electron chi connectivity index (χ4n) is 1.86. The minimum atomic E-state index is -3.31. The Morgan fingerprint density at radius 3 is 2.56 bits per heavy atom. The fourth-order valence-corrected chi connectivity index (χ4v) is 4.43. The van der Waals surface area contributed by atoms with Gasteiger partial charge in [0.2, 0.25) is 10.0 Å². The van der Waals surface area contributed by atoms with Crippen molar-refractivity contribution in [2.45, 2.75) is 41.3 Å². The van der Waals surface area contributed by atoms with Gasteiger partial charge in [-0.05, 0) is 37.1 Å². The molecular weight excluding hydrogens is 266 g/mol. The maximum absolute atomic E-state index is 11.9. The highest BCUT2D eigenvalue weighted by atomic mass is 35.5. The first-order chi connectivity index (χ1) is 7.58. The van der Waals surface area contributed by atoms with Crippen molar-refractivity contribution < 1.29 is 8.42 Å². The molecule has 6 heteroatoms. The number of halogens is 1. The predicted molar refractivity (Wildman–Crippen MR) is 66.5 cm³/mol. The van der Waals surface area contributed by atoms with Crippen LogP contribution in [0, 0.1) is 0 Å². The highest BCUT2D eigenvalue weighted by Crippen LogP contribution is 2.24. The molecule has 1 aromatic heterocycles. The highest BCUT2D eigenvalue weighted by Gasteiger charge is 2.25. The molecule has 16 heavy (non-hydrogen) atoms. The summed E-state index contributed by atoms with van der Waals surface area (Å²) in [6.45, 7) is 0. The Hall–Kier alpha value is -0.100. The molecular formula is C10H14ClNO2S2. The summed E-state index contributed by atoms with van der Waals surface area (Å²) in [5.74, 6) is 0. The number of nitrogens with one attached hydrogen (secondary N) is 1. The fraction of sp³-hybridized carbons (Fsp3) is 0.600. The van der Waals surface area contributed by atoms with Crippen molar-refractivity contribution in [3.8, 4) is 0 Å². The number of sulfonamides is 1. The molecule has 0 aliphatic heterocycles. The summed E-state index contributed by atoms with van der Waals surface area (Å²) < 4.78 is 27.0. The summed E-state index contributed by atoms with van der Waals surface area (Å²) in [4.78, 5) is 0. The molecule has 0 unspecified atom stereocenters. The minimum absolute atomic E-state index is 0.0436. The van der Waals surface area contributed by atoms with Crippen LogP contribution < -0.4 is 4.72 Å². The SMILES string of the molecule is O=S(=O)(NC1CCC(Cl)CC1)c1cccs1. The second-order valence-corrected chi connectivity index (χ2v) is 7.51. The molecule has 1 heterocycles. The molecule has 0 spiro atoms. The van der Waals surface area contributed by atoms with Crippen LogP contribution in [0.3, 0.4) is 0 Å². The third-order valence-corrected chi connectivity index (χ3v) is 6.09. The van der Waals surface area contributed by atoms with E-state index in [-0.39, 0.29) is 11.4 Å². The van der Waals surface area contributed by atoms with Gasteiger partial charge in [0.05, 0.1) is 0 Å². The van der Waals surface area contributed by atoms with Gasteiger partial charge in [-0.1, -0.05) is 6.07 Å². The van der Waals surface area contributed by atoms with Gasteiger partial charge >= 0.3 is 0 Å². The zero-order valence-corrected chi connectivity index (χ0v) is 11.1. The van der Waals surface area contributed by atoms with Crippen LogP contribution in [0.5, 0.6) is 0 Å². The van der Waals surface area contributed by atoms with Crippen molar-refractivity contribution >= 4 is 33.0 Å². The van der Waals surface area contributed by atoms with Crippen LogP contribution in [0.1, 0.15) is 25.7 Å². The van der Waals surface area contributed by atoms with E-state index in [2.05, 4.69) is 4.72 Å². The average Bonchev–Trinajstić information content (AvgIpc) is 2.75. The van der Waals surface area contributed by atoms with Crippen molar-refractivity contribution in [1.29, 1.82) is 0 Å². The summed E-state index contributed by atoms with van der Waals surface area (Å²) in [6.07, 6.45) is 3.44. The predicted octanol–water partition coefficient (Wildman–Crippen LogP) is 2.58. The van der Waals surface area contributed by atoms with E-state index in [4.69, 9.17) is 11.6 Å². The highest BCUT2D eigenvalue weighted by molar-refractivity contribution is 7.91. The number of rotatable bonds is 3. The Balaban J connectivity index is 2.00. The zero-order valence-electron chi connectivity index (χ0n) is 8.73. The van der Waals surface area contributed by atoms with E-state index in [1.54, 1.807) is 17.5 Å². The summed E-state index contributed by atoms with van der Waals surface area (Å²) in [5, 5.41) is 1.98.